The summed E-state index contributed by atoms with van der Waals surface area (Å²) in [6, 6.07) is 12.6. The lowest BCUT2D eigenvalue weighted by Crippen LogP contribution is -2.47. The van der Waals surface area contributed by atoms with Gasteiger partial charge in [-0.2, -0.15) is 0 Å². The number of H-pyrrole nitrogens is 1. The highest BCUT2D eigenvalue weighted by Gasteiger charge is 2.39. The fraction of sp³-hybridized carbons (Fsp3) is 0.556. The van der Waals surface area contributed by atoms with Crippen molar-refractivity contribution < 1.29 is 17.9 Å². The molecule has 0 radical (unpaired) electrons. The van der Waals surface area contributed by atoms with Crippen LogP contribution in [-0.4, -0.2) is 65.2 Å². The Balaban J connectivity index is 1.40. The van der Waals surface area contributed by atoms with E-state index in [1.165, 1.54) is 10.9 Å². The molecule has 4 heterocycles. The van der Waals surface area contributed by atoms with Crippen LogP contribution < -0.4 is 4.74 Å². The van der Waals surface area contributed by atoms with E-state index in [1.54, 1.807) is 25.2 Å². The minimum Gasteiger partial charge on any atom is -0.479 e. The summed E-state index contributed by atoms with van der Waals surface area (Å²) < 4.78 is 46.3. The molecule has 0 unspecified atom stereocenters. The minimum absolute atomic E-state index is 0.00830. The average molecular weight is 506 g/mol. The zero-order valence-corrected chi connectivity index (χ0v) is 21.4. The third-order valence-corrected chi connectivity index (χ3v) is 8.15. The van der Waals surface area contributed by atoms with E-state index in [2.05, 4.69) is 46.0 Å². The molecule has 190 valence electrons. The Kier molecular flexibility index (Phi) is 6.90. The topological polar surface area (TPSA) is 31.5 Å². The highest BCUT2D eigenvalue weighted by molar-refractivity contribution is 7.13. The predicted molar refractivity (Wildman–Crippen MR) is 136 cm³/mol. The first-order chi connectivity index (χ1) is 16.7. The smallest absolute Gasteiger partial charge is 0.239 e. The van der Waals surface area contributed by atoms with Crippen LogP contribution in [0.25, 0.3) is 10.9 Å². The summed E-state index contributed by atoms with van der Waals surface area (Å²) in [7, 11) is 0. The van der Waals surface area contributed by atoms with Gasteiger partial charge in [-0.25, -0.2) is 13.2 Å². The maximum atomic E-state index is 14.9. The lowest BCUT2D eigenvalue weighted by atomic mass is 9.90. The molecule has 1 saturated heterocycles. The van der Waals surface area contributed by atoms with Crippen LogP contribution >= 0.6 is 11.3 Å². The zero-order valence-electron chi connectivity index (χ0n) is 20.6. The van der Waals surface area contributed by atoms with Gasteiger partial charge in [-0.1, -0.05) is 18.2 Å². The first-order valence-corrected chi connectivity index (χ1v) is 13.3. The number of likely N-dealkylation sites (tertiary alicyclic amines) is 1. The Morgan fingerprint density at radius 1 is 1.20 bits per heavy atom. The molecule has 0 spiro atoms. The molecule has 1 aromatic carbocycles. The lowest BCUT2D eigenvalue weighted by molar-refractivity contribution is 0.0679. The molecule has 4 nitrogen and oxygen atoms in total. The second-order valence-corrected chi connectivity index (χ2v) is 11.7. The van der Waals surface area contributed by atoms with Gasteiger partial charge in [0, 0.05) is 60.1 Å². The molecule has 2 aliphatic rings. The van der Waals surface area contributed by atoms with Crippen molar-refractivity contribution in [2.45, 2.75) is 70.3 Å². The number of rotatable bonds is 8. The van der Waals surface area contributed by atoms with Crippen molar-refractivity contribution in [3.05, 3.63) is 52.5 Å². The monoisotopic (exact) mass is 505 g/mol. The largest absolute Gasteiger partial charge is 0.479 e. The van der Waals surface area contributed by atoms with E-state index in [9.17, 15) is 13.2 Å². The molecule has 1 N–H and O–H groups in total. The van der Waals surface area contributed by atoms with Gasteiger partial charge >= 0.3 is 0 Å². The SMILES string of the molecule is C[C@@H]1Cc2c([nH]c3ccccc23)[C@@H](c2ccc(O[C@@H]3CCN(CCC(F)F)C3)s2)N1CC(C)(C)F. The molecule has 0 amide bonds. The van der Waals surface area contributed by atoms with E-state index in [1.807, 2.05) is 12.1 Å². The standard InChI is InChI=1S/C27H34F3N3OS/c1-17-14-20-19-6-4-5-7-21(19)31-25(20)26(33(17)16-27(2,3)30)22-8-9-24(35-22)34-18-10-12-32(15-18)13-11-23(28)29/h4-9,17-18,23,26,31H,10-16H2,1-3H3/t17-,18-,26-/m1/s1. The van der Waals surface area contributed by atoms with E-state index in [4.69, 9.17) is 4.74 Å². The van der Waals surface area contributed by atoms with Crippen LogP contribution in [0.1, 0.15) is 55.8 Å². The molecule has 1 fully saturated rings. The number of fused-ring (bicyclic) bond motifs is 3. The summed E-state index contributed by atoms with van der Waals surface area (Å²) in [6.07, 6.45) is -0.639. The molecule has 3 aromatic rings. The van der Waals surface area contributed by atoms with Crippen molar-refractivity contribution in [1.29, 1.82) is 0 Å². The lowest BCUT2D eigenvalue weighted by Gasteiger charge is -2.42. The molecular weight excluding hydrogens is 471 g/mol. The van der Waals surface area contributed by atoms with Gasteiger partial charge in [0.1, 0.15) is 11.8 Å². The quantitative estimate of drug-likeness (QED) is 0.383. The van der Waals surface area contributed by atoms with Crippen LogP contribution in [0.3, 0.4) is 0 Å². The Morgan fingerprint density at radius 3 is 2.77 bits per heavy atom. The van der Waals surface area contributed by atoms with Gasteiger partial charge in [-0.05, 0) is 57.4 Å². The van der Waals surface area contributed by atoms with Crippen molar-refractivity contribution in [3.8, 4) is 5.06 Å². The summed E-state index contributed by atoms with van der Waals surface area (Å²) >= 11 is 1.61. The maximum Gasteiger partial charge on any atom is 0.239 e. The van der Waals surface area contributed by atoms with E-state index < -0.39 is 12.1 Å². The Morgan fingerprint density at radius 2 is 2.00 bits per heavy atom. The summed E-state index contributed by atoms with van der Waals surface area (Å²) in [5, 5.41) is 2.07. The fourth-order valence-electron chi connectivity index (χ4n) is 5.58. The second kappa shape index (κ2) is 9.79. The van der Waals surface area contributed by atoms with Gasteiger partial charge in [0.05, 0.1) is 6.04 Å². The number of hydrogen-bond donors (Lipinski definition) is 1. The van der Waals surface area contributed by atoms with Crippen LogP contribution in [0.5, 0.6) is 5.06 Å². The third kappa shape index (κ3) is 5.39. The van der Waals surface area contributed by atoms with Crippen molar-refractivity contribution in [2.24, 2.45) is 0 Å². The van der Waals surface area contributed by atoms with Gasteiger partial charge in [-0.15, -0.1) is 11.3 Å². The first-order valence-electron chi connectivity index (χ1n) is 12.5. The zero-order chi connectivity index (χ0) is 24.7. The molecule has 35 heavy (non-hydrogen) atoms. The average Bonchev–Trinajstić information content (AvgIpc) is 3.51. The van der Waals surface area contributed by atoms with Crippen molar-refractivity contribution in [1.82, 2.24) is 14.8 Å². The number of nitrogens with zero attached hydrogens (tertiary/aromatic N) is 2. The number of para-hydroxylation sites is 1. The highest BCUT2D eigenvalue weighted by atomic mass is 32.1. The number of alkyl halides is 3. The molecule has 8 heteroatoms. The Labute approximate surface area is 209 Å². The molecule has 0 bridgehead atoms. The van der Waals surface area contributed by atoms with Gasteiger partial charge in [-0.3, -0.25) is 9.80 Å². The molecule has 0 aliphatic carbocycles. The molecule has 0 saturated carbocycles. The Bertz CT molecular complexity index is 1150. The minimum atomic E-state index is -2.26. The van der Waals surface area contributed by atoms with Crippen LogP contribution in [0.4, 0.5) is 13.2 Å². The summed E-state index contributed by atoms with van der Waals surface area (Å²) in [5.74, 6) is 0. The van der Waals surface area contributed by atoms with E-state index in [-0.39, 0.29) is 24.6 Å². The van der Waals surface area contributed by atoms with E-state index in [0.29, 0.717) is 19.6 Å². The van der Waals surface area contributed by atoms with Crippen molar-refractivity contribution in [2.75, 3.05) is 26.2 Å². The number of nitrogens with one attached hydrogen (secondary N) is 1. The van der Waals surface area contributed by atoms with Gasteiger partial charge < -0.3 is 9.72 Å². The number of halogens is 3. The summed E-state index contributed by atoms with van der Waals surface area (Å²) in [6.45, 7) is 7.66. The fourth-order valence-corrected chi connectivity index (χ4v) is 6.63. The van der Waals surface area contributed by atoms with Crippen molar-refractivity contribution in [3.63, 3.8) is 0 Å². The predicted octanol–water partition coefficient (Wildman–Crippen LogP) is 6.42. The molecule has 2 aromatic heterocycles. The summed E-state index contributed by atoms with van der Waals surface area (Å²) in [5.41, 5.74) is 2.24. The van der Waals surface area contributed by atoms with Gasteiger partial charge in [0.2, 0.25) is 6.43 Å². The number of aromatic amines is 1. The number of thiophene rings is 1. The Hall–Kier alpha value is -2.03. The van der Waals surface area contributed by atoms with Crippen LogP contribution in [0.2, 0.25) is 0 Å². The highest BCUT2D eigenvalue weighted by Crippen LogP contribution is 2.45. The van der Waals surface area contributed by atoms with Gasteiger partial charge in [0.25, 0.3) is 0 Å². The van der Waals surface area contributed by atoms with Crippen molar-refractivity contribution >= 4 is 22.2 Å². The van der Waals surface area contributed by atoms with E-state index in [0.717, 1.165) is 40.5 Å². The summed E-state index contributed by atoms with van der Waals surface area (Å²) in [4.78, 5) is 9.09. The van der Waals surface area contributed by atoms with Crippen LogP contribution in [-0.2, 0) is 6.42 Å². The van der Waals surface area contributed by atoms with Crippen LogP contribution in [0.15, 0.2) is 36.4 Å². The third-order valence-electron chi connectivity index (χ3n) is 7.12. The number of benzene rings is 1. The second-order valence-electron chi connectivity index (χ2n) is 10.6. The molecule has 2 aliphatic heterocycles. The van der Waals surface area contributed by atoms with E-state index >= 15 is 0 Å². The molecule has 5 rings (SSSR count). The number of hydrogen-bond acceptors (Lipinski definition) is 4. The number of ether oxygens (including phenoxy) is 1. The number of aromatic nitrogens is 1. The molecule has 3 atom stereocenters. The normalized spacial score (nSPS) is 23.9. The van der Waals surface area contributed by atoms with Gasteiger partial charge in [0.15, 0.2) is 5.06 Å². The van der Waals surface area contributed by atoms with Crippen LogP contribution in [0, 0.1) is 0 Å². The maximum absolute atomic E-state index is 14.9. The first kappa shape index (κ1) is 24.7. The molecular formula is C27H34F3N3OS.